The molecule has 2 rings (SSSR count). The number of halogens is 1. The van der Waals surface area contributed by atoms with E-state index in [4.69, 9.17) is 0 Å². The van der Waals surface area contributed by atoms with Gasteiger partial charge in [0, 0.05) is 32.6 Å². The summed E-state index contributed by atoms with van der Waals surface area (Å²) in [7, 11) is 1.74. The van der Waals surface area contributed by atoms with E-state index >= 15 is 0 Å². The van der Waals surface area contributed by atoms with Gasteiger partial charge >= 0.3 is 6.03 Å². The first kappa shape index (κ1) is 16.3. The van der Waals surface area contributed by atoms with Gasteiger partial charge in [-0.3, -0.25) is 4.79 Å². The zero-order valence-electron chi connectivity index (χ0n) is 13.0. The van der Waals surface area contributed by atoms with Gasteiger partial charge in [-0.15, -0.1) is 0 Å². The SMILES string of the molecule is Cc1cc(F)ccc1CCNC(=O)N[C@@H]1CCC(=O)N(C)C1. The molecular weight excluding hydrogens is 285 g/mol. The van der Waals surface area contributed by atoms with Gasteiger partial charge in [-0.1, -0.05) is 6.07 Å². The van der Waals surface area contributed by atoms with E-state index in [1.54, 1.807) is 18.0 Å². The first-order valence-electron chi connectivity index (χ1n) is 7.49. The highest BCUT2D eigenvalue weighted by Gasteiger charge is 2.23. The van der Waals surface area contributed by atoms with Gasteiger partial charge in [0.1, 0.15) is 5.82 Å². The van der Waals surface area contributed by atoms with Crippen LogP contribution in [0.3, 0.4) is 0 Å². The van der Waals surface area contributed by atoms with Crippen LogP contribution in [0.5, 0.6) is 0 Å². The van der Waals surface area contributed by atoms with Gasteiger partial charge in [0.25, 0.3) is 0 Å². The largest absolute Gasteiger partial charge is 0.344 e. The number of aryl methyl sites for hydroxylation is 1. The smallest absolute Gasteiger partial charge is 0.315 e. The summed E-state index contributed by atoms with van der Waals surface area (Å²) in [5.41, 5.74) is 1.90. The van der Waals surface area contributed by atoms with Crippen LogP contribution >= 0.6 is 0 Å². The lowest BCUT2D eigenvalue weighted by atomic mass is 10.1. The molecule has 120 valence electrons. The van der Waals surface area contributed by atoms with Crippen molar-refractivity contribution >= 4 is 11.9 Å². The number of likely N-dealkylation sites (tertiary alicyclic amines) is 1. The first-order valence-corrected chi connectivity index (χ1v) is 7.49. The van der Waals surface area contributed by atoms with Gasteiger partial charge in [0.05, 0.1) is 0 Å². The van der Waals surface area contributed by atoms with Crippen LogP contribution < -0.4 is 10.6 Å². The van der Waals surface area contributed by atoms with Crippen molar-refractivity contribution in [2.75, 3.05) is 20.1 Å². The zero-order valence-corrected chi connectivity index (χ0v) is 13.0. The second-order valence-electron chi connectivity index (χ2n) is 5.73. The maximum Gasteiger partial charge on any atom is 0.315 e. The molecule has 1 aromatic rings. The van der Waals surface area contributed by atoms with E-state index in [0.717, 1.165) is 11.1 Å². The Morgan fingerprint density at radius 2 is 2.23 bits per heavy atom. The third-order valence-electron chi connectivity index (χ3n) is 3.95. The predicted octanol–water partition coefficient (Wildman–Crippen LogP) is 1.60. The Labute approximate surface area is 129 Å². The summed E-state index contributed by atoms with van der Waals surface area (Å²) in [5, 5.41) is 5.67. The number of hydrogen-bond donors (Lipinski definition) is 2. The highest BCUT2D eigenvalue weighted by atomic mass is 19.1. The van der Waals surface area contributed by atoms with Crippen LogP contribution in [0.4, 0.5) is 9.18 Å². The monoisotopic (exact) mass is 307 g/mol. The minimum atomic E-state index is -0.247. The summed E-state index contributed by atoms with van der Waals surface area (Å²) in [6.45, 7) is 2.89. The number of urea groups is 1. The number of carbonyl (C=O) groups excluding carboxylic acids is 2. The second-order valence-corrected chi connectivity index (χ2v) is 5.73. The summed E-state index contributed by atoms with van der Waals surface area (Å²) >= 11 is 0. The molecule has 0 aromatic heterocycles. The molecule has 0 saturated carbocycles. The summed E-state index contributed by atoms with van der Waals surface area (Å²) < 4.78 is 13.0. The van der Waals surface area contributed by atoms with Crippen LogP contribution in [-0.4, -0.2) is 43.0 Å². The fraction of sp³-hybridized carbons (Fsp3) is 0.500. The van der Waals surface area contributed by atoms with Gasteiger partial charge < -0.3 is 15.5 Å². The van der Waals surface area contributed by atoms with Crippen LogP contribution in [0.25, 0.3) is 0 Å². The molecule has 1 aromatic carbocycles. The topological polar surface area (TPSA) is 61.4 Å². The van der Waals surface area contributed by atoms with Crippen molar-refractivity contribution in [3.8, 4) is 0 Å². The molecule has 2 N–H and O–H groups in total. The minimum Gasteiger partial charge on any atom is -0.344 e. The van der Waals surface area contributed by atoms with E-state index in [9.17, 15) is 14.0 Å². The Balaban J connectivity index is 1.73. The van der Waals surface area contributed by atoms with E-state index in [0.29, 0.717) is 32.4 Å². The molecule has 6 heteroatoms. The molecule has 0 unspecified atom stereocenters. The van der Waals surface area contributed by atoms with Crippen molar-refractivity contribution in [3.63, 3.8) is 0 Å². The third-order valence-corrected chi connectivity index (χ3v) is 3.95. The van der Waals surface area contributed by atoms with Gasteiger partial charge in [-0.05, 0) is 43.0 Å². The molecule has 1 atom stereocenters. The maximum absolute atomic E-state index is 13.0. The molecule has 22 heavy (non-hydrogen) atoms. The van der Waals surface area contributed by atoms with Crippen LogP contribution in [-0.2, 0) is 11.2 Å². The van der Waals surface area contributed by atoms with Crippen molar-refractivity contribution in [2.45, 2.75) is 32.2 Å². The van der Waals surface area contributed by atoms with E-state index in [1.165, 1.54) is 12.1 Å². The standard InChI is InChI=1S/C16H22FN3O2/c1-11-9-13(17)4-3-12(11)7-8-18-16(22)19-14-5-6-15(21)20(2)10-14/h3-4,9,14H,5-8,10H2,1-2H3,(H2,18,19,22)/t14-/m1/s1. The lowest BCUT2D eigenvalue weighted by Crippen LogP contribution is -2.51. The average Bonchev–Trinajstić information content (AvgIpc) is 2.45. The number of likely N-dealkylation sites (N-methyl/N-ethyl adjacent to an activating group) is 1. The Bertz CT molecular complexity index is 562. The Morgan fingerprint density at radius 3 is 2.91 bits per heavy atom. The fourth-order valence-electron chi connectivity index (χ4n) is 2.62. The fourth-order valence-corrected chi connectivity index (χ4v) is 2.62. The molecular formula is C16H22FN3O2. The first-order chi connectivity index (χ1) is 10.5. The average molecular weight is 307 g/mol. The maximum atomic E-state index is 13.0. The van der Waals surface area contributed by atoms with Gasteiger partial charge in [-0.2, -0.15) is 0 Å². The van der Waals surface area contributed by atoms with Gasteiger partial charge in [0.15, 0.2) is 0 Å². The number of carbonyl (C=O) groups is 2. The molecule has 0 bridgehead atoms. The van der Waals surface area contributed by atoms with E-state index in [1.807, 2.05) is 6.92 Å². The number of rotatable bonds is 4. The van der Waals surface area contributed by atoms with E-state index < -0.39 is 0 Å². The highest BCUT2D eigenvalue weighted by molar-refractivity contribution is 5.78. The van der Waals surface area contributed by atoms with Gasteiger partial charge in [-0.25, -0.2) is 9.18 Å². The lowest BCUT2D eigenvalue weighted by molar-refractivity contribution is -0.132. The summed E-state index contributed by atoms with van der Waals surface area (Å²) in [6.07, 6.45) is 1.80. The highest BCUT2D eigenvalue weighted by Crippen LogP contribution is 2.11. The molecule has 0 spiro atoms. The van der Waals surface area contributed by atoms with Crippen molar-refractivity contribution in [2.24, 2.45) is 0 Å². The Hall–Kier alpha value is -2.11. The molecule has 1 fully saturated rings. The number of nitrogens with one attached hydrogen (secondary N) is 2. The molecule has 3 amide bonds. The van der Waals surface area contributed by atoms with Crippen molar-refractivity contribution in [1.29, 1.82) is 0 Å². The molecule has 1 saturated heterocycles. The number of amides is 3. The number of benzene rings is 1. The van der Waals surface area contributed by atoms with Crippen molar-refractivity contribution in [3.05, 3.63) is 35.1 Å². The quantitative estimate of drug-likeness (QED) is 0.887. The molecule has 1 aliphatic heterocycles. The molecule has 0 aliphatic carbocycles. The predicted molar refractivity (Wildman–Crippen MR) is 82.0 cm³/mol. The van der Waals surface area contributed by atoms with E-state index in [-0.39, 0.29) is 23.8 Å². The molecule has 0 radical (unpaired) electrons. The van der Waals surface area contributed by atoms with Crippen LogP contribution in [0.15, 0.2) is 18.2 Å². The summed E-state index contributed by atoms with van der Waals surface area (Å²) in [4.78, 5) is 24.9. The molecule has 1 aliphatic rings. The summed E-state index contributed by atoms with van der Waals surface area (Å²) in [5.74, 6) is -0.131. The van der Waals surface area contributed by atoms with E-state index in [2.05, 4.69) is 10.6 Å². The summed E-state index contributed by atoms with van der Waals surface area (Å²) in [6, 6.07) is 4.43. The van der Waals surface area contributed by atoms with Crippen molar-refractivity contribution in [1.82, 2.24) is 15.5 Å². The van der Waals surface area contributed by atoms with Crippen molar-refractivity contribution < 1.29 is 14.0 Å². The minimum absolute atomic E-state index is 0.00439. The Kier molecular flexibility index (Phi) is 5.35. The zero-order chi connectivity index (χ0) is 16.1. The Morgan fingerprint density at radius 1 is 1.45 bits per heavy atom. The number of nitrogens with zero attached hydrogens (tertiary/aromatic N) is 1. The molecule has 5 nitrogen and oxygen atoms in total. The lowest BCUT2D eigenvalue weighted by Gasteiger charge is -2.30. The number of hydrogen-bond acceptors (Lipinski definition) is 2. The van der Waals surface area contributed by atoms with Crippen LogP contribution in [0.2, 0.25) is 0 Å². The van der Waals surface area contributed by atoms with Gasteiger partial charge in [0.2, 0.25) is 5.91 Å². The number of piperidine rings is 1. The van der Waals surface area contributed by atoms with Crippen LogP contribution in [0.1, 0.15) is 24.0 Å². The second kappa shape index (κ2) is 7.24. The third kappa shape index (κ3) is 4.44. The van der Waals surface area contributed by atoms with Crippen LogP contribution in [0, 0.1) is 12.7 Å². The normalized spacial score (nSPS) is 18.2. The molecule has 1 heterocycles.